The van der Waals surface area contributed by atoms with E-state index in [2.05, 4.69) is 32.9 Å². The summed E-state index contributed by atoms with van der Waals surface area (Å²) in [5, 5.41) is 5.90. The lowest BCUT2D eigenvalue weighted by Gasteiger charge is -2.07. The normalized spacial score (nSPS) is 10.7. The third-order valence-electron chi connectivity index (χ3n) is 3.17. The van der Waals surface area contributed by atoms with Gasteiger partial charge in [-0.15, -0.1) is 22.7 Å². The van der Waals surface area contributed by atoms with Gasteiger partial charge < -0.3 is 5.32 Å². The Hall–Kier alpha value is -1.25. The van der Waals surface area contributed by atoms with Crippen LogP contribution in [0.2, 0.25) is 0 Å². The second kappa shape index (κ2) is 6.47. The van der Waals surface area contributed by atoms with Crippen molar-refractivity contribution in [2.75, 3.05) is 5.32 Å². The topological polar surface area (TPSA) is 42.0 Å². The number of carbonyl (C=O) groups excluding carboxylic acids is 1. The van der Waals surface area contributed by atoms with Crippen LogP contribution in [0.3, 0.4) is 0 Å². The van der Waals surface area contributed by atoms with E-state index < -0.39 is 0 Å². The van der Waals surface area contributed by atoms with Gasteiger partial charge in [-0.25, -0.2) is 4.98 Å². The molecule has 0 aliphatic rings. The van der Waals surface area contributed by atoms with Gasteiger partial charge in [0, 0.05) is 9.26 Å². The molecule has 1 aromatic carbocycles. The van der Waals surface area contributed by atoms with Crippen molar-refractivity contribution in [2.45, 2.75) is 13.8 Å². The van der Waals surface area contributed by atoms with Gasteiger partial charge >= 0.3 is 0 Å². The Balaban J connectivity index is 1.86. The number of aryl methyl sites for hydroxylation is 2. The summed E-state index contributed by atoms with van der Waals surface area (Å²) in [7, 11) is 0. The van der Waals surface area contributed by atoms with Gasteiger partial charge in [-0.3, -0.25) is 4.79 Å². The van der Waals surface area contributed by atoms with Crippen LogP contribution in [0.25, 0.3) is 9.88 Å². The van der Waals surface area contributed by atoms with Crippen LogP contribution in [-0.2, 0) is 0 Å². The van der Waals surface area contributed by atoms with Gasteiger partial charge in [0.05, 0.1) is 10.6 Å². The molecule has 0 radical (unpaired) electrons. The number of benzene rings is 1. The van der Waals surface area contributed by atoms with Gasteiger partial charge in [0.1, 0.15) is 9.88 Å². The van der Waals surface area contributed by atoms with Crippen LogP contribution in [0.4, 0.5) is 5.69 Å². The van der Waals surface area contributed by atoms with E-state index in [1.807, 2.05) is 49.6 Å². The van der Waals surface area contributed by atoms with Crippen LogP contribution in [0.5, 0.6) is 0 Å². The molecule has 0 saturated heterocycles. The van der Waals surface area contributed by atoms with E-state index in [1.54, 1.807) is 11.3 Å². The van der Waals surface area contributed by atoms with Crippen molar-refractivity contribution in [3.8, 4) is 9.88 Å². The van der Waals surface area contributed by atoms with Crippen molar-refractivity contribution >= 4 is 56.9 Å². The lowest BCUT2D eigenvalue weighted by Crippen LogP contribution is -2.12. The van der Waals surface area contributed by atoms with Gasteiger partial charge in [-0.1, -0.05) is 6.07 Å². The minimum Gasteiger partial charge on any atom is -0.321 e. The molecule has 0 fully saturated rings. The van der Waals surface area contributed by atoms with Crippen LogP contribution in [-0.4, -0.2) is 10.9 Å². The predicted molar refractivity (Wildman–Crippen MR) is 102 cm³/mol. The molecule has 0 spiro atoms. The Morgan fingerprint density at radius 3 is 2.77 bits per heavy atom. The molecule has 0 bridgehead atoms. The minimum absolute atomic E-state index is 0.0953. The average Bonchev–Trinajstić information content (AvgIpc) is 3.10. The second-order valence-electron chi connectivity index (χ2n) is 4.82. The number of carbonyl (C=O) groups is 1. The number of amides is 1. The summed E-state index contributed by atoms with van der Waals surface area (Å²) in [5.41, 5.74) is 2.67. The van der Waals surface area contributed by atoms with E-state index in [9.17, 15) is 4.79 Å². The molecule has 0 aliphatic heterocycles. The van der Waals surface area contributed by atoms with Gasteiger partial charge in [0.25, 0.3) is 5.91 Å². The number of rotatable bonds is 3. The minimum atomic E-state index is -0.0953. The van der Waals surface area contributed by atoms with Crippen molar-refractivity contribution in [3.05, 3.63) is 55.4 Å². The molecular weight excluding hydrogens is 427 g/mol. The Morgan fingerprint density at radius 2 is 2.09 bits per heavy atom. The monoisotopic (exact) mass is 440 g/mol. The van der Waals surface area contributed by atoms with Gasteiger partial charge in [0.2, 0.25) is 0 Å². The third kappa shape index (κ3) is 3.23. The highest BCUT2D eigenvalue weighted by atomic mass is 127. The Bertz CT molecular complexity index is 825. The summed E-state index contributed by atoms with van der Waals surface area (Å²) in [6, 6.07) is 9.98. The predicted octanol–water partition coefficient (Wildman–Crippen LogP) is 5.35. The zero-order valence-corrected chi connectivity index (χ0v) is 15.8. The molecule has 2 heterocycles. The first-order valence-corrected chi connectivity index (χ1v) is 9.41. The van der Waals surface area contributed by atoms with Gasteiger partial charge in [0.15, 0.2) is 0 Å². The molecule has 3 nitrogen and oxygen atoms in total. The molecule has 22 heavy (non-hydrogen) atoms. The number of anilines is 1. The van der Waals surface area contributed by atoms with Crippen molar-refractivity contribution in [3.63, 3.8) is 0 Å². The third-order valence-corrected chi connectivity index (χ3v) is 6.04. The molecule has 0 atom stereocenters. The molecule has 6 heteroatoms. The summed E-state index contributed by atoms with van der Waals surface area (Å²) in [6.45, 7) is 3.87. The summed E-state index contributed by atoms with van der Waals surface area (Å²) in [4.78, 5) is 18.8. The number of nitrogens with zero attached hydrogens (tertiary/aromatic N) is 1. The fourth-order valence-electron chi connectivity index (χ4n) is 2.06. The first-order chi connectivity index (χ1) is 10.5. The zero-order chi connectivity index (χ0) is 15.7. The fourth-order valence-corrected chi connectivity index (χ4v) is 4.46. The number of halogens is 1. The maximum absolute atomic E-state index is 12.5. The highest BCUT2D eigenvalue weighted by Crippen LogP contribution is 2.31. The molecule has 1 N–H and O–H groups in total. The van der Waals surface area contributed by atoms with Gasteiger partial charge in [-0.05, 0) is 71.6 Å². The maximum atomic E-state index is 12.5. The molecule has 0 aliphatic carbocycles. The Labute approximate surface area is 150 Å². The molecule has 3 rings (SSSR count). The zero-order valence-electron chi connectivity index (χ0n) is 12.0. The molecule has 1 amide bonds. The molecule has 0 saturated carbocycles. The van der Waals surface area contributed by atoms with Crippen LogP contribution < -0.4 is 5.32 Å². The number of thiazole rings is 1. The SMILES string of the molecule is Cc1cc(I)ccc1NC(=O)c1sc(-c2cccs2)nc1C. The first-order valence-electron chi connectivity index (χ1n) is 6.63. The first kappa shape index (κ1) is 15.6. The van der Waals surface area contributed by atoms with Crippen molar-refractivity contribution in [2.24, 2.45) is 0 Å². The van der Waals surface area contributed by atoms with Crippen LogP contribution >= 0.6 is 45.3 Å². The largest absolute Gasteiger partial charge is 0.321 e. The van der Waals surface area contributed by atoms with Crippen LogP contribution in [0.1, 0.15) is 20.9 Å². The lowest BCUT2D eigenvalue weighted by molar-refractivity contribution is 0.102. The highest BCUT2D eigenvalue weighted by molar-refractivity contribution is 14.1. The van der Waals surface area contributed by atoms with E-state index in [4.69, 9.17) is 0 Å². The van der Waals surface area contributed by atoms with Crippen molar-refractivity contribution in [1.82, 2.24) is 4.98 Å². The van der Waals surface area contributed by atoms with Crippen molar-refractivity contribution in [1.29, 1.82) is 0 Å². The summed E-state index contributed by atoms with van der Waals surface area (Å²) < 4.78 is 1.15. The van der Waals surface area contributed by atoms with E-state index in [-0.39, 0.29) is 5.91 Å². The highest BCUT2D eigenvalue weighted by Gasteiger charge is 2.17. The molecule has 112 valence electrons. The molecule has 0 unspecified atom stereocenters. The number of hydrogen-bond donors (Lipinski definition) is 1. The summed E-state index contributed by atoms with van der Waals surface area (Å²) >= 11 is 5.33. The van der Waals surface area contributed by atoms with E-state index in [1.165, 1.54) is 11.3 Å². The molecular formula is C16H13IN2OS2. The van der Waals surface area contributed by atoms with E-state index in [0.29, 0.717) is 4.88 Å². The maximum Gasteiger partial charge on any atom is 0.267 e. The Morgan fingerprint density at radius 1 is 1.27 bits per heavy atom. The number of nitrogens with one attached hydrogen (secondary N) is 1. The smallest absolute Gasteiger partial charge is 0.267 e. The number of hydrogen-bond acceptors (Lipinski definition) is 4. The van der Waals surface area contributed by atoms with E-state index in [0.717, 1.165) is 30.4 Å². The summed E-state index contributed by atoms with van der Waals surface area (Å²) in [6.07, 6.45) is 0. The van der Waals surface area contributed by atoms with Crippen molar-refractivity contribution < 1.29 is 4.79 Å². The molecule has 3 aromatic rings. The molecule has 2 aromatic heterocycles. The average molecular weight is 440 g/mol. The number of thiophene rings is 1. The van der Waals surface area contributed by atoms with E-state index >= 15 is 0 Å². The Kier molecular flexibility index (Phi) is 4.60. The second-order valence-corrected chi connectivity index (χ2v) is 8.02. The van der Waals surface area contributed by atoms with Gasteiger partial charge in [-0.2, -0.15) is 0 Å². The fraction of sp³-hybridized carbons (Fsp3) is 0.125. The lowest BCUT2D eigenvalue weighted by atomic mass is 10.2. The van der Waals surface area contributed by atoms with Crippen LogP contribution in [0, 0.1) is 17.4 Å². The quantitative estimate of drug-likeness (QED) is 0.559. The standard InChI is InChI=1S/C16H13IN2OS2/c1-9-8-11(17)5-6-12(9)19-15(20)14-10(2)18-16(22-14)13-4-3-7-21-13/h3-8H,1-2H3,(H,19,20). The summed E-state index contributed by atoms with van der Waals surface area (Å²) in [5.74, 6) is -0.0953. The van der Waals surface area contributed by atoms with Crippen LogP contribution in [0.15, 0.2) is 35.7 Å². The number of aromatic nitrogens is 1.